The van der Waals surface area contributed by atoms with Crippen LogP contribution in [0.25, 0.3) is 11.0 Å². The summed E-state index contributed by atoms with van der Waals surface area (Å²) in [5.41, 5.74) is 5.11. The zero-order valence-corrected chi connectivity index (χ0v) is 15.1. The highest BCUT2D eigenvalue weighted by Crippen LogP contribution is 2.30. The molecular formula is C22H22N2O3. The highest BCUT2D eigenvalue weighted by Gasteiger charge is 2.16. The van der Waals surface area contributed by atoms with Gasteiger partial charge in [0.15, 0.2) is 0 Å². The third-order valence-electron chi connectivity index (χ3n) is 4.99. The predicted molar refractivity (Wildman–Crippen MR) is 104 cm³/mol. The summed E-state index contributed by atoms with van der Waals surface area (Å²) in [6.07, 6.45) is 5.35. The summed E-state index contributed by atoms with van der Waals surface area (Å²) in [5, 5.41) is 6.68. The zero-order chi connectivity index (χ0) is 18.6. The summed E-state index contributed by atoms with van der Waals surface area (Å²) in [6.45, 7) is 0.779. The van der Waals surface area contributed by atoms with Crippen LogP contribution in [0.1, 0.15) is 33.5 Å². The lowest BCUT2D eigenvalue weighted by Gasteiger charge is -2.07. The molecule has 3 aromatic rings. The van der Waals surface area contributed by atoms with E-state index in [0.717, 1.165) is 29.4 Å². The minimum absolute atomic E-state index is 0.0767. The molecule has 2 aromatic carbocycles. The summed E-state index contributed by atoms with van der Waals surface area (Å²) in [4.78, 5) is 24.2. The monoisotopic (exact) mass is 362 g/mol. The number of aryl methyl sites for hydroxylation is 2. The molecule has 1 aliphatic rings. The van der Waals surface area contributed by atoms with E-state index < -0.39 is 0 Å². The van der Waals surface area contributed by atoms with Gasteiger partial charge >= 0.3 is 0 Å². The summed E-state index contributed by atoms with van der Waals surface area (Å²) < 4.78 is 5.64. The molecule has 0 fully saturated rings. The maximum Gasteiger partial charge on any atom is 0.251 e. The van der Waals surface area contributed by atoms with E-state index in [0.29, 0.717) is 18.7 Å². The van der Waals surface area contributed by atoms with Gasteiger partial charge in [-0.2, -0.15) is 0 Å². The fourth-order valence-corrected chi connectivity index (χ4v) is 3.59. The van der Waals surface area contributed by atoms with Crippen molar-refractivity contribution >= 4 is 22.8 Å². The van der Waals surface area contributed by atoms with E-state index in [9.17, 15) is 9.59 Å². The molecule has 2 N–H and O–H groups in total. The van der Waals surface area contributed by atoms with Crippen molar-refractivity contribution in [2.24, 2.45) is 0 Å². The summed E-state index contributed by atoms with van der Waals surface area (Å²) >= 11 is 0. The number of nitrogens with one attached hydrogen (secondary N) is 2. The van der Waals surface area contributed by atoms with E-state index in [2.05, 4.69) is 22.8 Å². The number of furan rings is 1. The molecule has 0 bridgehead atoms. The van der Waals surface area contributed by atoms with Crippen LogP contribution in [-0.4, -0.2) is 24.9 Å². The number of hydrogen-bond acceptors (Lipinski definition) is 3. The van der Waals surface area contributed by atoms with Gasteiger partial charge in [-0.25, -0.2) is 0 Å². The summed E-state index contributed by atoms with van der Waals surface area (Å²) in [6, 6.07) is 13.3. The summed E-state index contributed by atoms with van der Waals surface area (Å²) in [7, 11) is 0. The van der Waals surface area contributed by atoms with Crippen LogP contribution in [0.3, 0.4) is 0 Å². The summed E-state index contributed by atoms with van der Waals surface area (Å²) in [5.74, 6) is -0.216. The topological polar surface area (TPSA) is 71.3 Å². The van der Waals surface area contributed by atoms with Gasteiger partial charge in [0, 0.05) is 29.6 Å². The third kappa shape index (κ3) is 3.87. The largest absolute Gasteiger partial charge is 0.464 e. The molecule has 4 rings (SSSR count). The van der Waals surface area contributed by atoms with Gasteiger partial charge in [0.1, 0.15) is 5.58 Å². The van der Waals surface area contributed by atoms with E-state index in [4.69, 9.17) is 4.42 Å². The van der Waals surface area contributed by atoms with Gasteiger partial charge in [-0.15, -0.1) is 0 Å². The number of carbonyl (C=O) groups is 2. The van der Waals surface area contributed by atoms with Crippen molar-refractivity contribution in [1.82, 2.24) is 10.6 Å². The van der Waals surface area contributed by atoms with Crippen molar-refractivity contribution in [3.8, 4) is 0 Å². The van der Waals surface area contributed by atoms with Gasteiger partial charge in [0.25, 0.3) is 5.91 Å². The molecule has 0 saturated carbocycles. The maximum atomic E-state index is 12.2. The first kappa shape index (κ1) is 17.3. The Morgan fingerprint density at radius 3 is 2.52 bits per heavy atom. The Bertz CT molecular complexity index is 976. The lowest BCUT2D eigenvalue weighted by molar-refractivity contribution is -0.120. The van der Waals surface area contributed by atoms with E-state index in [-0.39, 0.29) is 18.2 Å². The zero-order valence-electron chi connectivity index (χ0n) is 15.1. The van der Waals surface area contributed by atoms with E-state index >= 15 is 0 Å². The smallest absolute Gasteiger partial charge is 0.251 e. The lowest BCUT2D eigenvalue weighted by atomic mass is 10.0. The van der Waals surface area contributed by atoms with Crippen molar-refractivity contribution < 1.29 is 14.0 Å². The fourth-order valence-electron chi connectivity index (χ4n) is 3.59. The van der Waals surface area contributed by atoms with Crippen LogP contribution >= 0.6 is 0 Å². The van der Waals surface area contributed by atoms with Gasteiger partial charge < -0.3 is 15.1 Å². The minimum atomic E-state index is -0.139. The molecule has 5 nitrogen and oxygen atoms in total. The molecule has 0 saturated heterocycles. The van der Waals surface area contributed by atoms with Crippen molar-refractivity contribution in [2.45, 2.75) is 25.7 Å². The van der Waals surface area contributed by atoms with Crippen molar-refractivity contribution in [3.63, 3.8) is 0 Å². The first-order valence-electron chi connectivity index (χ1n) is 9.32. The molecule has 27 heavy (non-hydrogen) atoms. The Morgan fingerprint density at radius 2 is 1.70 bits per heavy atom. The van der Waals surface area contributed by atoms with E-state index in [1.54, 1.807) is 18.4 Å². The van der Waals surface area contributed by atoms with Gasteiger partial charge in [-0.05, 0) is 54.7 Å². The molecule has 1 heterocycles. The number of rotatable bonds is 6. The van der Waals surface area contributed by atoms with Crippen molar-refractivity contribution in [1.29, 1.82) is 0 Å². The van der Waals surface area contributed by atoms with Crippen LogP contribution < -0.4 is 10.6 Å². The molecule has 0 aliphatic heterocycles. The Balaban J connectivity index is 1.29. The SMILES string of the molecule is O=C(Cc1coc2cc3c(cc12)CCC3)NCCNC(=O)c1ccccc1. The van der Waals surface area contributed by atoms with E-state index in [1.165, 1.54) is 17.5 Å². The first-order valence-corrected chi connectivity index (χ1v) is 9.32. The number of fused-ring (bicyclic) bond motifs is 2. The predicted octanol–water partition coefficient (Wildman–Crippen LogP) is 3.01. The normalized spacial score (nSPS) is 12.7. The highest BCUT2D eigenvalue weighted by molar-refractivity contribution is 5.94. The second-order valence-corrected chi connectivity index (χ2v) is 6.88. The van der Waals surface area contributed by atoms with Crippen LogP contribution in [0, 0.1) is 0 Å². The van der Waals surface area contributed by atoms with Crippen LogP contribution in [0.2, 0.25) is 0 Å². The number of benzene rings is 2. The molecule has 1 aliphatic carbocycles. The van der Waals surface area contributed by atoms with Gasteiger partial charge in [0.05, 0.1) is 12.7 Å². The Morgan fingerprint density at radius 1 is 0.963 bits per heavy atom. The molecule has 0 unspecified atom stereocenters. The number of carbonyl (C=O) groups excluding carboxylic acids is 2. The molecule has 5 heteroatoms. The fraction of sp³-hybridized carbons (Fsp3) is 0.273. The standard InChI is InChI=1S/C22H22N2O3/c25-21(23-9-10-24-22(26)15-5-2-1-3-6-15)13-18-14-27-20-12-17-8-4-7-16(17)11-19(18)20/h1-3,5-6,11-12,14H,4,7-10,13H2,(H,23,25)(H,24,26). The van der Waals surface area contributed by atoms with Gasteiger partial charge in [-0.3, -0.25) is 9.59 Å². The van der Waals surface area contributed by atoms with Crippen LogP contribution in [0.5, 0.6) is 0 Å². The lowest BCUT2D eigenvalue weighted by Crippen LogP contribution is -2.35. The van der Waals surface area contributed by atoms with Crippen molar-refractivity contribution in [2.75, 3.05) is 13.1 Å². The van der Waals surface area contributed by atoms with Crippen LogP contribution in [0.15, 0.2) is 53.1 Å². The average Bonchev–Trinajstić information content (AvgIpc) is 3.30. The van der Waals surface area contributed by atoms with Gasteiger partial charge in [0.2, 0.25) is 5.91 Å². The molecule has 138 valence electrons. The maximum absolute atomic E-state index is 12.2. The van der Waals surface area contributed by atoms with Crippen LogP contribution in [0.4, 0.5) is 0 Å². The molecular weight excluding hydrogens is 340 g/mol. The first-order chi connectivity index (χ1) is 13.2. The number of amides is 2. The third-order valence-corrected chi connectivity index (χ3v) is 4.99. The average molecular weight is 362 g/mol. The molecule has 2 amide bonds. The molecule has 0 radical (unpaired) electrons. The van der Waals surface area contributed by atoms with Crippen LogP contribution in [-0.2, 0) is 24.1 Å². The molecule has 0 spiro atoms. The molecule has 1 aromatic heterocycles. The van der Waals surface area contributed by atoms with Gasteiger partial charge in [-0.1, -0.05) is 18.2 Å². The number of hydrogen-bond donors (Lipinski definition) is 2. The highest BCUT2D eigenvalue weighted by atomic mass is 16.3. The van der Waals surface area contributed by atoms with E-state index in [1.807, 2.05) is 18.2 Å². The second-order valence-electron chi connectivity index (χ2n) is 6.88. The minimum Gasteiger partial charge on any atom is -0.464 e. The second kappa shape index (κ2) is 7.66. The molecule has 0 atom stereocenters. The Hall–Kier alpha value is -3.08. The Labute approximate surface area is 157 Å². The Kier molecular flexibility index (Phi) is 4.92. The van der Waals surface area contributed by atoms with Crippen molar-refractivity contribution in [3.05, 3.63) is 71.0 Å². The quantitative estimate of drug-likeness (QED) is 0.662.